The highest BCUT2D eigenvalue weighted by atomic mass is 32.1. The van der Waals surface area contributed by atoms with Crippen LogP contribution in [0.15, 0.2) is 17.5 Å². The number of hydrogen-bond acceptors (Lipinski definition) is 3. The highest BCUT2D eigenvalue weighted by Crippen LogP contribution is 2.17. The van der Waals surface area contributed by atoms with E-state index in [1.807, 2.05) is 30.4 Å². The summed E-state index contributed by atoms with van der Waals surface area (Å²) in [6.07, 6.45) is 0.0556. The Labute approximate surface area is 65.3 Å². The van der Waals surface area contributed by atoms with Gasteiger partial charge in [-0.1, -0.05) is 6.07 Å². The van der Waals surface area contributed by atoms with E-state index in [1.54, 1.807) is 11.3 Å². The van der Waals surface area contributed by atoms with Gasteiger partial charge in [0, 0.05) is 4.88 Å². The maximum atomic E-state index is 5.82. The lowest BCUT2D eigenvalue weighted by Crippen LogP contribution is -2.26. The molecule has 0 amide bonds. The molecule has 0 spiro atoms. The SMILES string of the molecule is CN(C)C(N)c1cccs1. The van der Waals surface area contributed by atoms with Gasteiger partial charge in [0.25, 0.3) is 0 Å². The zero-order chi connectivity index (χ0) is 7.56. The predicted molar refractivity (Wildman–Crippen MR) is 44.9 cm³/mol. The van der Waals surface area contributed by atoms with Gasteiger partial charge in [-0.3, -0.25) is 4.90 Å². The molecule has 0 aromatic carbocycles. The first kappa shape index (κ1) is 7.72. The third-order valence-electron chi connectivity index (χ3n) is 1.39. The molecule has 1 atom stereocenters. The summed E-state index contributed by atoms with van der Waals surface area (Å²) in [6.45, 7) is 0. The largest absolute Gasteiger partial charge is 0.311 e. The van der Waals surface area contributed by atoms with E-state index in [9.17, 15) is 0 Å². The van der Waals surface area contributed by atoms with Crippen molar-refractivity contribution < 1.29 is 0 Å². The average molecular weight is 156 g/mol. The summed E-state index contributed by atoms with van der Waals surface area (Å²) in [6, 6.07) is 4.07. The average Bonchev–Trinajstić information content (AvgIpc) is 2.36. The Morgan fingerprint density at radius 3 is 2.70 bits per heavy atom. The molecule has 2 nitrogen and oxygen atoms in total. The zero-order valence-corrected chi connectivity index (χ0v) is 7.06. The molecular weight excluding hydrogens is 144 g/mol. The molecule has 0 bridgehead atoms. The van der Waals surface area contributed by atoms with Gasteiger partial charge in [-0.15, -0.1) is 11.3 Å². The van der Waals surface area contributed by atoms with Crippen molar-refractivity contribution in [2.45, 2.75) is 6.17 Å². The Bertz CT molecular complexity index is 181. The van der Waals surface area contributed by atoms with Crippen LogP contribution in [0, 0.1) is 0 Å². The van der Waals surface area contributed by atoms with Crippen LogP contribution < -0.4 is 5.73 Å². The van der Waals surface area contributed by atoms with Crippen LogP contribution in [0.25, 0.3) is 0 Å². The molecule has 2 N–H and O–H groups in total. The van der Waals surface area contributed by atoms with Crippen molar-refractivity contribution in [2.24, 2.45) is 5.73 Å². The first-order valence-corrected chi connectivity index (χ1v) is 4.05. The molecule has 0 aliphatic heterocycles. The van der Waals surface area contributed by atoms with Crippen molar-refractivity contribution in [1.82, 2.24) is 4.90 Å². The second-order valence-electron chi connectivity index (χ2n) is 2.42. The van der Waals surface area contributed by atoms with E-state index in [1.165, 1.54) is 4.88 Å². The van der Waals surface area contributed by atoms with Crippen molar-refractivity contribution in [3.63, 3.8) is 0 Å². The highest BCUT2D eigenvalue weighted by molar-refractivity contribution is 7.10. The minimum Gasteiger partial charge on any atom is -0.311 e. The maximum absolute atomic E-state index is 5.82. The molecule has 1 unspecified atom stereocenters. The van der Waals surface area contributed by atoms with Crippen molar-refractivity contribution in [3.05, 3.63) is 22.4 Å². The summed E-state index contributed by atoms with van der Waals surface area (Å²) in [7, 11) is 3.95. The van der Waals surface area contributed by atoms with Gasteiger partial charge < -0.3 is 5.73 Å². The Hall–Kier alpha value is -0.380. The summed E-state index contributed by atoms with van der Waals surface area (Å²) in [5, 5.41) is 2.04. The fourth-order valence-corrected chi connectivity index (χ4v) is 1.54. The van der Waals surface area contributed by atoms with Gasteiger partial charge >= 0.3 is 0 Å². The second kappa shape index (κ2) is 3.14. The summed E-state index contributed by atoms with van der Waals surface area (Å²) in [5.41, 5.74) is 5.82. The van der Waals surface area contributed by atoms with E-state index in [-0.39, 0.29) is 6.17 Å². The molecule has 0 saturated heterocycles. The van der Waals surface area contributed by atoms with Crippen LogP contribution in [0.1, 0.15) is 11.0 Å². The van der Waals surface area contributed by atoms with Gasteiger partial charge in [0.05, 0.1) is 6.17 Å². The molecular formula is C7H12N2S. The number of hydrogen-bond donors (Lipinski definition) is 1. The van der Waals surface area contributed by atoms with Crippen molar-refractivity contribution in [2.75, 3.05) is 14.1 Å². The monoisotopic (exact) mass is 156 g/mol. The smallest absolute Gasteiger partial charge is 0.0925 e. The standard InChI is InChI=1S/C7H12N2S/c1-9(2)7(8)6-4-3-5-10-6/h3-5,7H,8H2,1-2H3. The second-order valence-corrected chi connectivity index (χ2v) is 3.40. The molecule has 3 heteroatoms. The zero-order valence-electron chi connectivity index (χ0n) is 6.24. The first-order valence-electron chi connectivity index (χ1n) is 3.17. The molecule has 0 aliphatic rings. The molecule has 1 heterocycles. The Morgan fingerprint density at radius 2 is 2.30 bits per heavy atom. The fourth-order valence-electron chi connectivity index (χ4n) is 0.714. The van der Waals surface area contributed by atoms with E-state index in [0.29, 0.717) is 0 Å². The first-order chi connectivity index (χ1) is 4.72. The molecule has 1 aromatic heterocycles. The summed E-state index contributed by atoms with van der Waals surface area (Å²) < 4.78 is 0. The van der Waals surface area contributed by atoms with Crippen LogP contribution in [0.5, 0.6) is 0 Å². The van der Waals surface area contributed by atoms with E-state index < -0.39 is 0 Å². The Kier molecular flexibility index (Phi) is 2.43. The van der Waals surface area contributed by atoms with Crippen LogP contribution in [0.2, 0.25) is 0 Å². The van der Waals surface area contributed by atoms with E-state index in [4.69, 9.17) is 5.73 Å². The van der Waals surface area contributed by atoms with Crippen LogP contribution in [0.4, 0.5) is 0 Å². The minimum atomic E-state index is 0.0556. The molecule has 1 rings (SSSR count). The van der Waals surface area contributed by atoms with Crippen molar-refractivity contribution in [1.29, 1.82) is 0 Å². The quantitative estimate of drug-likeness (QED) is 0.653. The lowest BCUT2D eigenvalue weighted by molar-refractivity contribution is 0.311. The normalized spacial score (nSPS) is 14.0. The van der Waals surface area contributed by atoms with E-state index in [2.05, 4.69) is 6.07 Å². The van der Waals surface area contributed by atoms with E-state index >= 15 is 0 Å². The Balaban J connectivity index is 2.68. The number of thiophene rings is 1. The molecule has 0 aliphatic carbocycles. The van der Waals surface area contributed by atoms with Gasteiger partial charge in [-0.25, -0.2) is 0 Å². The van der Waals surface area contributed by atoms with Gasteiger partial charge in [0.1, 0.15) is 0 Å². The summed E-state index contributed by atoms with van der Waals surface area (Å²) in [5.74, 6) is 0. The Morgan fingerprint density at radius 1 is 1.60 bits per heavy atom. The number of nitrogens with two attached hydrogens (primary N) is 1. The fraction of sp³-hybridized carbons (Fsp3) is 0.429. The minimum absolute atomic E-state index is 0.0556. The highest BCUT2D eigenvalue weighted by Gasteiger charge is 2.07. The maximum Gasteiger partial charge on any atom is 0.0925 e. The van der Waals surface area contributed by atoms with Gasteiger partial charge in [0.15, 0.2) is 0 Å². The number of rotatable bonds is 2. The third-order valence-corrected chi connectivity index (χ3v) is 2.33. The van der Waals surface area contributed by atoms with Crippen LogP contribution in [-0.2, 0) is 0 Å². The van der Waals surface area contributed by atoms with E-state index in [0.717, 1.165) is 0 Å². The van der Waals surface area contributed by atoms with Gasteiger partial charge in [-0.2, -0.15) is 0 Å². The van der Waals surface area contributed by atoms with Gasteiger partial charge in [-0.05, 0) is 25.5 Å². The van der Waals surface area contributed by atoms with Crippen LogP contribution in [-0.4, -0.2) is 19.0 Å². The molecule has 0 fully saturated rings. The van der Waals surface area contributed by atoms with Crippen molar-refractivity contribution >= 4 is 11.3 Å². The lowest BCUT2D eigenvalue weighted by Gasteiger charge is -2.17. The van der Waals surface area contributed by atoms with Crippen molar-refractivity contribution in [3.8, 4) is 0 Å². The topological polar surface area (TPSA) is 29.3 Å². The molecule has 10 heavy (non-hydrogen) atoms. The number of nitrogens with zero attached hydrogens (tertiary/aromatic N) is 1. The van der Waals surface area contributed by atoms with Crippen LogP contribution >= 0.6 is 11.3 Å². The van der Waals surface area contributed by atoms with Gasteiger partial charge in [0.2, 0.25) is 0 Å². The molecule has 0 radical (unpaired) electrons. The molecule has 56 valence electrons. The molecule has 0 saturated carbocycles. The third kappa shape index (κ3) is 1.56. The summed E-state index contributed by atoms with van der Waals surface area (Å²) >= 11 is 1.69. The predicted octanol–water partition coefficient (Wildman–Crippen LogP) is 1.27. The van der Waals surface area contributed by atoms with Crippen LogP contribution in [0.3, 0.4) is 0 Å². The lowest BCUT2D eigenvalue weighted by atomic mass is 10.4. The molecule has 1 aromatic rings. The summed E-state index contributed by atoms with van der Waals surface area (Å²) in [4.78, 5) is 3.20.